The molecule has 0 saturated carbocycles. The van der Waals surface area contributed by atoms with Crippen LogP contribution >= 0.6 is 11.3 Å². The second kappa shape index (κ2) is 5.79. The Morgan fingerprint density at radius 3 is 2.71 bits per heavy atom. The van der Waals surface area contributed by atoms with Crippen molar-refractivity contribution in [3.63, 3.8) is 0 Å². The van der Waals surface area contributed by atoms with Crippen molar-refractivity contribution in [2.24, 2.45) is 0 Å². The maximum absolute atomic E-state index is 9.11. The lowest BCUT2D eigenvalue weighted by Gasteiger charge is -2.03. The van der Waals surface area contributed by atoms with Crippen LogP contribution in [0.3, 0.4) is 0 Å². The van der Waals surface area contributed by atoms with Crippen molar-refractivity contribution in [2.75, 3.05) is 5.32 Å². The minimum absolute atomic E-state index is 0.0343. The molecule has 3 aromatic rings. The summed E-state index contributed by atoms with van der Waals surface area (Å²) in [6, 6.07) is 9.90. The van der Waals surface area contributed by atoms with E-state index in [4.69, 9.17) is 5.11 Å². The Morgan fingerprint density at radius 1 is 1.10 bits per heavy atom. The van der Waals surface area contributed by atoms with Gasteiger partial charge in [-0.05, 0) is 43.2 Å². The highest BCUT2D eigenvalue weighted by Gasteiger charge is 2.07. The van der Waals surface area contributed by atoms with Crippen LogP contribution in [-0.2, 0) is 13.2 Å². The van der Waals surface area contributed by atoms with Gasteiger partial charge in [0.1, 0.15) is 0 Å². The summed E-state index contributed by atoms with van der Waals surface area (Å²) in [6.07, 6.45) is 0. The smallest absolute Gasteiger partial charge is 0.184 e. The van der Waals surface area contributed by atoms with Gasteiger partial charge in [0.15, 0.2) is 5.13 Å². The van der Waals surface area contributed by atoms with E-state index in [2.05, 4.69) is 41.3 Å². The largest absolute Gasteiger partial charge is 0.390 e. The molecule has 0 radical (unpaired) electrons. The van der Waals surface area contributed by atoms with Gasteiger partial charge in [-0.2, -0.15) is 0 Å². The monoisotopic (exact) mass is 299 g/mol. The fraction of sp³-hybridized carbons (Fsp3) is 0.250. The molecule has 0 unspecified atom stereocenters. The number of aromatic nitrogens is 2. The zero-order chi connectivity index (χ0) is 14.8. The van der Waals surface area contributed by atoms with Crippen molar-refractivity contribution < 1.29 is 5.11 Å². The Kier molecular flexibility index (Phi) is 3.86. The first-order valence-corrected chi connectivity index (χ1v) is 7.65. The SMILES string of the molecule is Cc1ccc2sc(NCc3cccc(CO)n3)nc2c1C. The normalized spacial score (nSPS) is 11.0. The lowest BCUT2D eigenvalue weighted by atomic mass is 10.1. The quantitative estimate of drug-likeness (QED) is 0.775. The molecule has 0 aliphatic rings. The van der Waals surface area contributed by atoms with Crippen LogP contribution < -0.4 is 5.32 Å². The molecule has 0 saturated heterocycles. The van der Waals surface area contributed by atoms with E-state index in [1.54, 1.807) is 11.3 Å². The number of benzene rings is 1. The molecule has 2 N–H and O–H groups in total. The topological polar surface area (TPSA) is 58.0 Å². The van der Waals surface area contributed by atoms with Crippen molar-refractivity contribution in [1.82, 2.24) is 9.97 Å². The van der Waals surface area contributed by atoms with Gasteiger partial charge in [-0.15, -0.1) is 0 Å². The van der Waals surface area contributed by atoms with Crippen LogP contribution in [0.2, 0.25) is 0 Å². The van der Waals surface area contributed by atoms with Gasteiger partial charge in [0.25, 0.3) is 0 Å². The molecule has 4 nitrogen and oxygen atoms in total. The van der Waals surface area contributed by atoms with E-state index in [9.17, 15) is 0 Å². The first-order chi connectivity index (χ1) is 10.2. The van der Waals surface area contributed by atoms with E-state index >= 15 is 0 Å². The van der Waals surface area contributed by atoms with E-state index in [1.165, 1.54) is 15.8 Å². The molecule has 0 fully saturated rings. The molecule has 5 heteroatoms. The summed E-state index contributed by atoms with van der Waals surface area (Å²) < 4.78 is 1.19. The Bertz CT molecular complexity index is 782. The molecule has 2 heterocycles. The van der Waals surface area contributed by atoms with Crippen molar-refractivity contribution in [3.8, 4) is 0 Å². The predicted octanol–water partition coefficient (Wildman–Crippen LogP) is 3.41. The Morgan fingerprint density at radius 2 is 1.90 bits per heavy atom. The highest BCUT2D eigenvalue weighted by molar-refractivity contribution is 7.22. The van der Waals surface area contributed by atoms with Crippen molar-refractivity contribution in [3.05, 3.63) is 52.8 Å². The average molecular weight is 299 g/mol. The molecule has 0 aliphatic carbocycles. The lowest BCUT2D eigenvalue weighted by Crippen LogP contribution is -2.02. The fourth-order valence-electron chi connectivity index (χ4n) is 2.18. The van der Waals surface area contributed by atoms with Crippen LogP contribution in [0.25, 0.3) is 10.2 Å². The third-order valence-electron chi connectivity index (χ3n) is 3.53. The second-order valence-corrected chi connectivity index (χ2v) is 6.04. The lowest BCUT2D eigenvalue weighted by molar-refractivity contribution is 0.276. The summed E-state index contributed by atoms with van der Waals surface area (Å²) in [5.41, 5.74) is 5.15. The number of hydrogen-bond donors (Lipinski definition) is 2. The number of nitrogens with one attached hydrogen (secondary N) is 1. The van der Waals surface area contributed by atoms with E-state index in [1.807, 2.05) is 18.2 Å². The number of aliphatic hydroxyl groups is 1. The van der Waals surface area contributed by atoms with Gasteiger partial charge >= 0.3 is 0 Å². The molecule has 3 rings (SSSR count). The number of nitrogens with zero attached hydrogens (tertiary/aromatic N) is 2. The zero-order valence-corrected chi connectivity index (χ0v) is 12.9. The molecule has 2 aromatic heterocycles. The first kappa shape index (κ1) is 14.0. The Hall–Kier alpha value is -1.98. The minimum atomic E-state index is -0.0343. The van der Waals surface area contributed by atoms with E-state index in [0.29, 0.717) is 12.2 Å². The maximum Gasteiger partial charge on any atom is 0.184 e. The molecule has 21 heavy (non-hydrogen) atoms. The van der Waals surface area contributed by atoms with Crippen LogP contribution in [0, 0.1) is 13.8 Å². The van der Waals surface area contributed by atoms with Gasteiger partial charge < -0.3 is 10.4 Å². The van der Waals surface area contributed by atoms with E-state index in [0.717, 1.165) is 16.3 Å². The molecule has 0 atom stereocenters. The highest BCUT2D eigenvalue weighted by Crippen LogP contribution is 2.29. The molecular weight excluding hydrogens is 282 g/mol. The standard InChI is InChI=1S/C16H17N3OS/c1-10-6-7-14-15(11(10)2)19-16(21-14)17-8-12-4-3-5-13(9-20)18-12/h3-7,20H,8-9H2,1-2H3,(H,17,19). The molecule has 108 valence electrons. The van der Waals surface area contributed by atoms with Crippen LogP contribution in [0.5, 0.6) is 0 Å². The summed E-state index contributed by atoms with van der Waals surface area (Å²) in [6.45, 7) is 4.78. The van der Waals surface area contributed by atoms with Crippen LogP contribution in [0.15, 0.2) is 30.3 Å². The van der Waals surface area contributed by atoms with E-state index < -0.39 is 0 Å². The summed E-state index contributed by atoms with van der Waals surface area (Å²) in [4.78, 5) is 9.02. The van der Waals surface area contributed by atoms with Crippen LogP contribution in [0.4, 0.5) is 5.13 Å². The van der Waals surface area contributed by atoms with E-state index in [-0.39, 0.29) is 6.61 Å². The average Bonchev–Trinajstić information content (AvgIpc) is 2.93. The molecule has 1 aromatic carbocycles. The number of fused-ring (bicyclic) bond motifs is 1. The van der Waals surface area contributed by atoms with Gasteiger partial charge in [0.05, 0.1) is 34.8 Å². The number of aryl methyl sites for hydroxylation is 2. The van der Waals surface area contributed by atoms with Crippen molar-refractivity contribution in [1.29, 1.82) is 0 Å². The first-order valence-electron chi connectivity index (χ1n) is 6.83. The summed E-state index contributed by atoms with van der Waals surface area (Å²) in [5.74, 6) is 0. The number of thiazole rings is 1. The molecule has 0 spiro atoms. The van der Waals surface area contributed by atoms with Crippen molar-refractivity contribution >= 4 is 26.7 Å². The number of pyridine rings is 1. The van der Waals surface area contributed by atoms with Crippen LogP contribution in [0.1, 0.15) is 22.5 Å². The number of aliphatic hydroxyl groups excluding tert-OH is 1. The Balaban J connectivity index is 1.80. The molecule has 0 aliphatic heterocycles. The van der Waals surface area contributed by atoms with Gasteiger partial charge in [-0.3, -0.25) is 4.98 Å². The summed E-state index contributed by atoms with van der Waals surface area (Å²) >= 11 is 1.65. The number of rotatable bonds is 4. The van der Waals surface area contributed by atoms with Crippen LogP contribution in [-0.4, -0.2) is 15.1 Å². The molecular formula is C16H17N3OS. The van der Waals surface area contributed by atoms with Crippen molar-refractivity contribution in [2.45, 2.75) is 27.0 Å². The van der Waals surface area contributed by atoms with Gasteiger partial charge in [0.2, 0.25) is 0 Å². The molecule has 0 bridgehead atoms. The summed E-state index contributed by atoms with van der Waals surface area (Å²) in [5, 5.41) is 13.3. The minimum Gasteiger partial charge on any atom is -0.390 e. The third kappa shape index (κ3) is 2.89. The zero-order valence-electron chi connectivity index (χ0n) is 12.1. The predicted molar refractivity (Wildman–Crippen MR) is 86.6 cm³/mol. The third-order valence-corrected chi connectivity index (χ3v) is 4.51. The van der Waals surface area contributed by atoms with Gasteiger partial charge in [0, 0.05) is 0 Å². The second-order valence-electron chi connectivity index (χ2n) is 5.01. The Labute approximate surface area is 127 Å². The number of anilines is 1. The number of hydrogen-bond acceptors (Lipinski definition) is 5. The van der Waals surface area contributed by atoms with Gasteiger partial charge in [-0.1, -0.05) is 23.5 Å². The fourth-order valence-corrected chi connectivity index (χ4v) is 3.10. The molecule has 0 amide bonds. The summed E-state index contributed by atoms with van der Waals surface area (Å²) in [7, 11) is 0. The highest BCUT2D eigenvalue weighted by atomic mass is 32.1. The maximum atomic E-state index is 9.11. The van der Waals surface area contributed by atoms with Gasteiger partial charge in [-0.25, -0.2) is 4.98 Å².